The predicted molar refractivity (Wildman–Crippen MR) is 82.6 cm³/mol. The minimum absolute atomic E-state index is 0.117. The first-order valence-electron chi connectivity index (χ1n) is 8.05. The fourth-order valence-electron chi connectivity index (χ4n) is 2.39. The molecule has 0 aliphatic heterocycles. The zero-order chi connectivity index (χ0) is 14.6. The molecule has 2 unspecified atom stereocenters. The molecule has 116 valence electrons. The molecule has 0 fully saturated rings. The van der Waals surface area contributed by atoms with E-state index in [4.69, 9.17) is 4.74 Å². The molecule has 0 aromatic rings. The number of unbranched alkanes of at least 4 members (excludes halogenated alkanes) is 3. The average molecular weight is 273 g/mol. The SMILES string of the molecule is CCCCCCC(C)OCCCC(CC)(CO)NC. The maximum atomic E-state index is 9.45. The quantitative estimate of drug-likeness (QED) is 0.505. The summed E-state index contributed by atoms with van der Waals surface area (Å²) in [5.41, 5.74) is -0.117. The number of hydrogen-bond donors (Lipinski definition) is 2. The largest absolute Gasteiger partial charge is 0.394 e. The number of hydrogen-bond acceptors (Lipinski definition) is 3. The molecule has 0 heterocycles. The summed E-state index contributed by atoms with van der Waals surface area (Å²) in [6.45, 7) is 7.53. The summed E-state index contributed by atoms with van der Waals surface area (Å²) >= 11 is 0. The van der Waals surface area contributed by atoms with Crippen LogP contribution in [-0.2, 0) is 4.74 Å². The van der Waals surface area contributed by atoms with Crippen LogP contribution in [0.25, 0.3) is 0 Å². The van der Waals surface area contributed by atoms with Crippen molar-refractivity contribution in [2.24, 2.45) is 0 Å². The average Bonchev–Trinajstić information content (AvgIpc) is 2.45. The molecule has 19 heavy (non-hydrogen) atoms. The number of aliphatic hydroxyl groups is 1. The molecule has 3 nitrogen and oxygen atoms in total. The van der Waals surface area contributed by atoms with Gasteiger partial charge in [0.1, 0.15) is 0 Å². The molecule has 2 atom stereocenters. The minimum Gasteiger partial charge on any atom is -0.394 e. The number of nitrogens with one attached hydrogen (secondary N) is 1. The number of likely N-dealkylation sites (N-methyl/N-ethyl adjacent to an activating group) is 1. The van der Waals surface area contributed by atoms with Gasteiger partial charge in [-0.25, -0.2) is 0 Å². The summed E-state index contributed by atoms with van der Waals surface area (Å²) in [5, 5.41) is 12.7. The highest BCUT2D eigenvalue weighted by molar-refractivity contribution is 4.84. The Labute approximate surface area is 120 Å². The van der Waals surface area contributed by atoms with Gasteiger partial charge in [-0.15, -0.1) is 0 Å². The lowest BCUT2D eigenvalue weighted by Crippen LogP contribution is -2.46. The first-order valence-corrected chi connectivity index (χ1v) is 8.05. The maximum Gasteiger partial charge on any atom is 0.0613 e. The van der Waals surface area contributed by atoms with Crippen molar-refractivity contribution in [3.8, 4) is 0 Å². The number of aliphatic hydroxyl groups excluding tert-OH is 1. The lowest BCUT2D eigenvalue weighted by atomic mass is 9.92. The van der Waals surface area contributed by atoms with Gasteiger partial charge >= 0.3 is 0 Å². The molecule has 0 aromatic heterocycles. The van der Waals surface area contributed by atoms with Crippen LogP contribution in [0.3, 0.4) is 0 Å². The van der Waals surface area contributed by atoms with Crippen LogP contribution >= 0.6 is 0 Å². The van der Waals surface area contributed by atoms with E-state index in [-0.39, 0.29) is 12.1 Å². The third kappa shape index (κ3) is 8.61. The molecule has 0 saturated heterocycles. The van der Waals surface area contributed by atoms with Crippen LogP contribution in [0.15, 0.2) is 0 Å². The molecule has 0 aromatic carbocycles. The van der Waals surface area contributed by atoms with Crippen molar-refractivity contribution < 1.29 is 9.84 Å². The molecule has 0 rings (SSSR count). The van der Waals surface area contributed by atoms with Crippen LogP contribution in [0.1, 0.15) is 72.1 Å². The third-order valence-corrected chi connectivity index (χ3v) is 4.18. The molecule has 0 aliphatic rings. The van der Waals surface area contributed by atoms with E-state index < -0.39 is 0 Å². The Morgan fingerprint density at radius 1 is 1.16 bits per heavy atom. The van der Waals surface area contributed by atoms with E-state index in [1.54, 1.807) is 0 Å². The standard InChI is InChI=1S/C16H35NO2/c1-5-7-8-9-11-15(3)19-13-10-12-16(6-2,14-18)17-4/h15,17-18H,5-14H2,1-4H3. The van der Waals surface area contributed by atoms with Crippen LogP contribution in [0.5, 0.6) is 0 Å². The molecule has 0 bridgehead atoms. The molecular weight excluding hydrogens is 238 g/mol. The van der Waals surface area contributed by atoms with Crippen LogP contribution in [-0.4, -0.2) is 37.0 Å². The van der Waals surface area contributed by atoms with Crippen LogP contribution < -0.4 is 5.32 Å². The normalized spacial score (nSPS) is 16.3. The summed E-state index contributed by atoms with van der Waals surface area (Å²) in [5.74, 6) is 0. The van der Waals surface area contributed by atoms with E-state index in [2.05, 4.69) is 26.1 Å². The first kappa shape index (κ1) is 18.9. The Kier molecular flexibility index (Phi) is 11.6. The van der Waals surface area contributed by atoms with Crippen molar-refractivity contribution >= 4 is 0 Å². The lowest BCUT2D eigenvalue weighted by Gasteiger charge is -2.30. The Bertz CT molecular complexity index is 185. The fourth-order valence-corrected chi connectivity index (χ4v) is 2.39. The highest BCUT2D eigenvalue weighted by atomic mass is 16.5. The Balaban J connectivity index is 3.61. The Hall–Kier alpha value is -0.120. The van der Waals surface area contributed by atoms with Gasteiger partial charge in [-0.2, -0.15) is 0 Å². The van der Waals surface area contributed by atoms with Gasteiger partial charge in [0.05, 0.1) is 12.7 Å². The minimum atomic E-state index is -0.117. The van der Waals surface area contributed by atoms with Crippen molar-refractivity contribution in [3.05, 3.63) is 0 Å². The van der Waals surface area contributed by atoms with E-state index in [1.165, 1.54) is 32.1 Å². The Morgan fingerprint density at radius 3 is 2.42 bits per heavy atom. The third-order valence-electron chi connectivity index (χ3n) is 4.18. The van der Waals surface area contributed by atoms with Crippen molar-refractivity contribution in [2.75, 3.05) is 20.3 Å². The van der Waals surface area contributed by atoms with Crippen molar-refractivity contribution in [2.45, 2.75) is 83.8 Å². The number of ether oxygens (including phenoxy) is 1. The molecule has 0 radical (unpaired) electrons. The highest BCUT2D eigenvalue weighted by Crippen LogP contribution is 2.17. The van der Waals surface area contributed by atoms with Crippen molar-refractivity contribution in [1.82, 2.24) is 5.32 Å². The van der Waals surface area contributed by atoms with E-state index in [1.807, 2.05) is 7.05 Å². The monoisotopic (exact) mass is 273 g/mol. The van der Waals surface area contributed by atoms with Crippen molar-refractivity contribution in [3.63, 3.8) is 0 Å². The second kappa shape index (κ2) is 11.7. The lowest BCUT2D eigenvalue weighted by molar-refractivity contribution is 0.0480. The highest BCUT2D eigenvalue weighted by Gasteiger charge is 2.24. The number of rotatable bonds is 13. The van der Waals surface area contributed by atoms with Crippen LogP contribution in [0.4, 0.5) is 0 Å². The van der Waals surface area contributed by atoms with Gasteiger partial charge in [0.2, 0.25) is 0 Å². The summed E-state index contributed by atoms with van der Waals surface area (Å²) in [7, 11) is 1.93. The van der Waals surface area contributed by atoms with Gasteiger partial charge in [-0.1, -0.05) is 39.5 Å². The van der Waals surface area contributed by atoms with Crippen molar-refractivity contribution in [1.29, 1.82) is 0 Å². The second-order valence-electron chi connectivity index (χ2n) is 5.68. The zero-order valence-electron chi connectivity index (χ0n) is 13.5. The fraction of sp³-hybridized carbons (Fsp3) is 1.00. The van der Waals surface area contributed by atoms with E-state index in [9.17, 15) is 5.11 Å². The topological polar surface area (TPSA) is 41.5 Å². The second-order valence-corrected chi connectivity index (χ2v) is 5.68. The van der Waals surface area contributed by atoms with E-state index >= 15 is 0 Å². The molecule has 0 spiro atoms. The molecule has 2 N–H and O–H groups in total. The van der Waals surface area contributed by atoms with Gasteiger partial charge in [0, 0.05) is 12.1 Å². The van der Waals surface area contributed by atoms with E-state index in [0.717, 1.165) is 25.9 Å². The summed E-state index contributed by atoms with van der Waals surface area (Å²) in [6, 6.07) is 0. The van der Waals surface area contributed by atoms with Crippen LogP contribution in [0.2, 0.25) is 0 Å². The summed E-state index contributed by atoms with van der Waals surface area (Å²) in [4.78, 5) is 0. The molecular formula is C16H35NO2. The summed E-state index contributed by atoms with van der Waals surface area (Å²) < 4.78 is 5.84. The Morgan fingerprint density at radius 2 is 1.89 bits per heavy atom. The molecule has 0 amide bonds. The first-order chi connectivity index (χ1) is 9.14. The predicted octanol–water partition coefficient (Wildman–Crippen LogP) is 3.50. The maximum absolute atomic E-state index is 9.45. The van der Waals surface area contributed by atoms with Gasteiger partial charge in [-0.3, -0.25) is 0 Å². The smallest absolute Gasteiger partial charge is 0.0613 e. The molecule has 0 saturated carbocycles. The van der Waals surface area contributed by atoms with Gasteiger partial charge in [0.15, 0.2) is 0 Å². The molecule has 0 aliphatic carbocycles. The zero-order valence-corrected chi connectivity index (χ0v) is 13.5. The van der Waals surface area contributed by atoms with Gasteiger partial charge in [-0.05, 0) is 39.7 Å². The molecule has 3 heteroatoms. The van der Waals surface area contributed by atoms with Gasteiger partial charge < -0.3 is 15.2 Å². The van der Waals surface area contributed by atoms with Crippen LogP contribution in [0, 0.1) is 0 Å². The van der Waals surface area contributed by atoms with Gasteiger partial charge in [0.25, 0.3) is 0 Å². The summed E-state index contributed by atoms with van der Waals surface area (Å²) in [6.07, 6.45) is 9.71. The van der Waals surface area contributed by atoms with E-state index in [0.29, 0.717) is 6.10 Å².